The third kappa shape index (κ3) is 3.64. The summed E-state index contributed by atoms with van der Waals surface area (Å²) in [5, 5.41) is 5.82. The molecular weight excluding hydrogens is 324 g/mol. The van der Waals surface area contributed by atoms with E-state index in [0.717, 1.165) is 25.7 Å². The fourth-order valence-electron chi connectivity index (χ4n) is 3.94. The van der Waals surface area contributed by atoms with Crippen LogP contribution >= 0.6 is 0 Å². The van der Waals surface area contributed by atoms with Gasteiger partial charge in [-0.15, -0.1) is 0 Å². The first-order valence-electron chi connectivity index (χ1n) is 9.45. The van der Waals surface area contributed by atoms with Crippen LogP contribution in [0.2, 0.25) is 0 Å². The number of fused-ring (bicyclic) bond motifs is 3. The molecule has 1 aliphatic heterocycles. The highest BCUT2D eigenvalue weighted by atomic mass is 16.2. The van der Waals surface area contributed by atoms with Crippen molar-refractivity contribution in [3.63, 3.8) is 0 Å². The summed E-state index contributed by atoms with van der Waals surface area (Å²) in [6, 6.07) is 15.4. The van der Waals surface area contributed by atoms with E-state index < -0.39 is 0 Å². The van der Waals surface area contributed by atoms with Gasteiger partial charge in [0.25, 0.3) is 0 Å². The predicted octanol–water partition coefficient (Wildman–Crippen LogP) is 2.98. The largest absolute Gasteiger partial charge is 0.354 e. The molecule has 0 aromatic heterocycles. The van der Waals surface area contributed by atoms with E-state index in [0.29, 0.717) is 19.4 Å². The molecule has 4 rings (SSSR count). The molecule has 2 amide bonds. The molecule has 26 heavy (non-hydrogen) atoms. The fraction of sp³-hybridized carbons (Fsp3) is 0.364. The van der Waals surface area contributed by atoms with E-state index in [1.807, 2.05) is 0 Å². The molecule has 1 atom stereocenters. The maximum Gasteiger partial charge on any atom is 0.220 e. The van der Waals surface area contributed by atoms with E-state index in [1.54, 1.807) is 0 Å². The summed E-state index contributed by atoms with van der Waals surface area (Å²) in [7, 11) is 0. The molecule has 2 aromatic rings. The van der Waals surface area contributed by atoms with Gasteiger partial charge in [0.05, 0.1) is 0 Å². The van der Waals surface area contributed by atoms with E-state index in [1.165, 1.54) is 27.8 Å². The molecule has 134 valence electrons. The van der Waals surface area contributed by atoms with Crippen LogP contribution in [-0.4, -0.2) is 24.4 Å². The summed E-state index contributed by atoms with van der Waals surface area (Å²) in [4.78, 5) is 23.3. The van der Waals surface area contributed by atoms with Gasteiger partial charge in [0.2, 0.25) is 11.8 Å². The molecule has 1 fully saturated rings. The number of carbonyl (C=O) groups is 2. The van der Waals surface area contributed by atoms with Crippen molar-refractivity contribution in [1.29, 1.82) is 0 Å². The first-order chi connectivity index (χ1) is 12.7. The van der Waals surface area contributed by atoms with Gasteiger partial charge in [-0.25, -0.2) is 0 Å². The number of nitrogens with one attached hydrogen (secondary N) is 2. The molecule has 0 spiro atoms. The Morgan fingerprint density at radius 3 is 2.81 bits per heavy atom. The summed E-state index contributed by atoms with van der Waals surface area (Å²) in [5.74, 6) is 0.159. The molecule has 4 heteroatoms. The molecule has 1 saturated heterocycles. The average molecular weight is 348 g/mol. The number of rotatable bonds is 5. The van der Waals surface area contributed by atoms with Crippen molar-refractivity contribution in [3.8, 4) is 11.1 Å². The average Bonchev–Trinajstić information content (AvgIpc) is 3.02. The van der Waals surface area contributed by atoms with Crippen LogP contribution in [0.4, 0.5) is 0 Å². The smallest absolute Gasteiger partial charge is 0.220 e. The first-order valence-corrected chi connectivity index (χ1v) is 9.45. The Hall–Kier alpha value is -2.62. The molecule has 4 nitrogen and oxygen atoms in total. The Bertz CT molecular complexity index is 834. The number of piperidine rings is 1. The second-order valence-corrected chi connectivity index (χ2v) is 7.29. The molecule has 1 heterocycles. The highest BCUT2D eigenvalue weighted by Crippen LogP contribution is 2.36. The molecular formula is C22H24N2O2. The van der Waals surface area contributed by atoms with Crippen LogP contribution in [0.1, 0.15) is 42.4 Å². The van der Waals surface area contributed by atoms with Gasteiger partial charge in [-0.1, -0.05) is 42.5 Å². The SMILES string of the molecule is O=C1CC[C@H](NC(=O)CCCc2ccc3c(c2)-c2ccccc2C3)CN1. The van der Waals surface area contributed by atoms with Crippen LogP contribution in [-0.2, 0) is 22.4 Å². The molecule has 1 aliphatic carbocycles. The lowest BCUT2D eigenvalue weighted by atomic mass is 10.00. The van der Waals surface area contributed by atoms with Gasteiger partial charge < -0.3 is 10.6 Å². The lowest BCUT2D eigenvalue weighted by molar-refractivity contribution is -0.125. The number of hydrogen-bond donors (Lipinski definition) is 2. The van der Waals surface area contributed by atoms with Gasteiger partial charge in [-0.3, -0.25) is 9.59 Å². The minimum Gasteiger partial charge on any atom is -0.354 e. The predicted molar refractivity (Wildman–Crippen MR) is 102 cm³/mol. The monoisotopic (exact) mass is 348 g/mol. The quantitative estimate of drug-likeness (QED) is 0.745. The normalized spacial score (nSPS) is 18.0. The zero-order valence-corrected chi connectivity index (χ0v) is 14.9. The summed E-state index contributed by atoms with van der Waals surface area (Å²) in [6.45, 7) is 0.550. The van der Waals surface area contributed by atoms with Crippen molar-refractivity contribution in [2.24, 2.45) is 0 Å². The van der Waals surface area contributed by atoms with Crippen LogP contribution < -0.4 is 10.6 Å². The molecule has 0 bridgehead atoms. The van der Waals surface area contributed by atoms with E-state index >= 15 is 0 Å². The van der Waals surface area contributed by atoms with E-state index in [-0.39, 0.29) is 17.9 Å². The zero-order valence-electron chi connectivity index (χ0n) is 14.9. The highest BCUT2D eigenvalue weighted by molar-refractivity contribution is 5.79. The van der Waals surface area contributed by atoms with Crippen molar-refractivity contribution >= 4 is 11.8 Å². The van der Waals surface area contributed by atoms with Gasteiger partial charge in [0.15, 0.2) is 0 Å². The minimum absolute atomic E-state index is 0.0775. The Morgan fingerprint density at radius 1 is 1.12 bits per heavy atom. The van der Waals surface area contributed by atoms with Crippen LogP contribution in [0.3, 0.4) is 0 Å². The summed E-state index contributed by atoms with van der Waals surface area (Å²) < 4.78 is 0. The van der Waals surface area contributed by atoms with Gasteiger partial charge in [-0.2, -0.15) is 0 Å². The second kappa shape index (κ2) is 7.32. The third-order valence-corrected chi connectivity index (χ3v) is 5.36. The van der Waals surface area contributed by atoms with Crippen molar-refractivity contribution < 1.29 is 9.59 Å². The van der Waals surface area contributed by atoms with Gasteiger partial charge in [0.1, 0.15) is 0 Å². The Morgan fingerprint density at radius 2 is 1.96 bits per heavy atom. The Balaban J connectivity index is 1.29. The number of carbonyl (C=O) groups excluding carboxylic acids is 2. The summed E-state index contributed by atoms with van der Waals surface area (Å²) in [6.07, 6.45) is 4.53. The van der Waals surface area contributed by atoms with Crippen LogP contribution in [0.25, 0.3) is 11.1 Å². The fourth-order valence-corrected chi connectivity index (χ4v) is 3.94. The topological polar surface area (TPSA) is 58.2 Å². The molecule has 2 aromatic carbocycles. The maximum absolute atomic E-state index is 12.1. The van der Waals surface area contributed by atoms with Crippen molar-refractivity contribution in [3.05, 3.63) is 59.2 Å². The molecule has 0 radical (unpaired) electrons. The van der Waals surface area contributed by atoms with Crippen molar-refractivity contribution in [1.82, 2.24) is 10.6 Å². The summed E-state index contributed by atoms with van der Waals surface area (Å²) in [5.41, 5.74) is 6.78. The van der Waals surface area contributed by atoms with Gasteiger partial charge >= 0.3 is 0 Å². The minimum atomic E-state index is 0.0775. The van der Waals surface area contributed by atoms with E-state index in [9.17, 15) is 9.59 Å². The molecule has 0 saturated carbocycles. The third-order valence-electron chi connectivity index (χ3n) is 5.36. The number of amides is 2. The molecule has 2 N–H and O–H groups in total. The van der Waals surface area contributed by atoms with E-state index in [2.05, 4.69) is 53.1 Å². The maximum atomic E-state index is 12.1. The Kier molecular flexibility index (Phi) is 4.74. The standard InChI is InChI=1S/C22H24N2O2/c25-21-11-10-18(14-23-21)24-22(26)7-3-4-15-8-9-17-13-16-5-1-2-6-19(16)20(17)12-15/h1-2,5-6,8-9,12,18H,3-4,7,10-11,13-14H2,(H,23,25)(H,24,26)/t18-/m0/s1. The lowest BCUT2D eigenvalue weighted by Crippen LogP contribution is -2.47. The number of hydrogen-bond acceptors (Lipinski definition) is 2. The summed E-state index contributed by atoms with van der Waals surface area (Å²) >= 11 is 0. The number of benzene rings is 2. The second-order valence-electron chi connectivity index (χ2n) is 7.29. The lowest BCUT2D eigenvalue weighted by Gasteiger charge is -2.23. The van der Waals surface area contributed by atoms with Crippen LogP contribution in [0.5, 0.6) is 0 Å². The number of aryl methyl sites for hydroxylation is 1. The van der Waals surface area contributed by atoms with Gasteiger partial charge in [-0.05, 0) is 53.5 Å². The highest BCUT2D eigenvalue weighted by Gasteiger charge is 2.20. The Labute approximate surface area is 154 Å². The molecule has 0 unspecified atom stereocenters. The van der Waals surface area contributed by atoms with Crippen molar-refractivity contribution in [2.45, 2.75) is 44.6 Å². The van der Waals surface area contributed by atoms with Crippen molar-refractivity contribution in [2.75, 3.05) is 6.54 Å². The van der Waals surface area contributed by atoms with Gasteiger partial charge in [0, 0.05) is 25.4 Å². The van der Waals surface area contributed by atoms with Crippen LogP contribution in [0.15, 0.2) is 42.5 Å². The van der Waals surface area contributed by atoms with E-state index in [4.69, 9.17) is 0 Å². The molecule has 2 aliphatic rings. The van der Waals surface area contributed by atoms with Crippen LogP contribution in [0, 0.1) is 0 Å². The first kappa shape index (κ1) is 16.8. The zero-order chi connectivity index (χ0) is 17.9.